The van der Waals surface area contributed by atoms with E-state index in [2.05, 4.69) is 20.9 Å². The van der Waals surface area contributed by atoms with E-state index in [9.17, 15) is 19.5 Å². The van der Waals surface area contributed by atoms with Crippen LogP contribution in [-0.4, -0.2) is 103 Å². The van der Waals surface area contributed by atoms with Crippen molar-refractivity contribution in [3.8, 4) is 0 Å². The highest BCUT2D eigenvalue weighted by Crippen LogP contribution is 2.60. The van der Waals surface area contributed by atoms with Gasteiger partial charge in [-0.1, -0.05) is 24.3 Å². The first-order valence-corrected chi connectivity index (χ1v) is 20.5. The Balaban J connectivity index is 1.26. The molecule has 266 valence electrons. The van der Waals surface area contributed by atoms with Crippen LogP contribution in [0.5, 0.6) is 0 Å². The number of nitrogens with zero attached hydrogens (tertiary/aromatic N) is 6. The number of rotatable bonds is 10. The molecule has 3 fully saturated rings. The van der Waals surface area contributed by atoms with Crippen molar-refractivity contribution in [1.82, 2.24) is 25.6 Å². The first-order chi connectivity index (χ1) is 24.0. The van der Waals surface area contributed by atoms with Crippen LogP contribution in [0.2, 0.25) is 18.6 Å². The molecular weight excluding hydrogens is 657 g/mol. The Hall–Kier alpha value is -3.99. The Bertz CT molecular complexity index is 1780. The van der Waals surface area contributed by atoms with Crippen molar-refractivity contribution in [3.05, 3.63) is 65.5 Å². The number of nitrogens with one attached hydrogen (secondary N) is 2. The number of amides is 3. The number of ether oxygens (including phenoxy) is 1. The lowest BCUT2D eigenvalue weighted by atomic mass is 9.82. The first-order valence-electron chi connectivity index (χ1n) is 17.5. The molecule has 15 heteroatoms. The lowest BCUT2D eigenvalue weighted by Gasteiger charge is -2.33. The zero-order chi connectivity index (χ0) is 35.2. The monoisotopic (exact) mass is 702 g/mol. The predicted octanol–water partition coefficient (Wildman–Crippen LogP) is 1.12. The zero-order valence-electron chi connectivity index (χ0n) is 28.8. The van der Waals surface area contributed by atoms with Gasteiger partial charge in [0.15, 0.2) is 13.9 Å². The molecule has 3 amide bonds. The molecule has 0 unspecified atom stereocenters. The van der Waals surface area contributed by atoms with E-state index in [4.69, 9.17) is 4.74 Å². The first kappa shape index (κ1) is 34.5. The highest BCUT2D eigenvalue weighted by atomic mass is 28.4. The number of aromatic nitrogens is 3. The third-order valence-electron chi connectivity index (χ3n) is 10.6. The zero-order valence-corrected chi connectivity index (χ0v) is 29.8. The quantitative estimate of drug-likeness (QED) is 0.225. The van der Waals surface area contributed by atoms with Crippen LogP contribution in [0.4, 0.5) is 17.1 Å². The molecule has 0 bridgehead atoms. The summed E-state index contributed by atoms with van der Waals surface area (Å²) < 4.78 is 8.77. The molecule has 4 atom stereocenters. The number of aliphatic hydroxyl groups is 1. The van der Waals surface area contributed by atoms with Crippen LogP contribution in [0, 0.1) is 5.92 Å². The van der Waals surface area contributed by atoms with E-state index >= 15 is 4.79 Å². The molecule has 0 saturated carbocycles. The summed E-state index contributed by atoms with van der Waals surface area (Å²) in [6, 6.07) is 13.5. The Morgan fingerprint density at radius 3 is 2.36 bits per heavy atom. The van der Waals surface area contributed by atoms with Gasteiger partial charge in [-0.15, -0.1) is 5.10 Å². The van der Waals surface area contributed by atoms with Gasteiger partial charge >= 0.3 is 0 Å². The predicted molar refractivity (Wildman–Crippen MR) is 189 cm³/mol. The normalized spacial score (nSPS) is 25.7. The molecule has 3 saturated heterocycles. The van der Waals surface area contributed by atoms with Crippen LogP contribution in [0.1, 0.15) is 30.2 Å². The molecule has 3 aromatic rings. The third-order valence-corrected chi connectivity index (χ3v) is 13.1. The fraction of sp³-hybridized carbons (Fsp3) is 0.514. The summed E-state index contributed by atoms with van der Waals surface area (Å²) >= 11 is 0. The highest BCUT2D eigenvalue weighted by Gasteiger charge is 2.66. The Morgan fingerprint density at radius 1 is 1.00 bits per heavy atom. The lowest BCUT2D eigenvalue weighted by molar-refractivity contribution is -0.146. The van der Waals surface area contributed by atoms with E-state index in [1.807, 2.05) is 62.5 Å². The van der Waals surface area contributed by atoms with Gasteiger partial charge in [0, 0.05) is 80.3 Å². The molecule has 4 aliphatic rings. The topological polar surface area (TPSA) is 165 Å². The van der Waals surface area contributed by atoms with Gasteiger partial charge in [0.25, 0.3) is 5.91 Å². The van der Waals surface area contributed by atoms with Gasteiger partial charge in [-0.05, 0) is 55.4 Å². The SMILES string of the molecule is C[C@H]1[C@H]([Si](C)(C)O)[C@@H](CCn2cc(CCO)nn2)O[C@]12C(=O)N(Cc1cccc(N3CCNCC3=O)c1)c1ccc(N3CCNCC3=O)cc12. The van der Waals surface area contributed by atoms with E-state index in [1.165, 1.54) is 0 Å². The number of aliphatic hydroxyl groups excluding tert-OH is 1. The van der Waals surface area contributed by atoms with Crippen LogP contribution in [0.15, 0.2) is 48.7 Å². The second-order valence-electron chi connectivity index (χ2n) is 14.3. The molecule has 14 nitrogen and oxygen atoms in total. The molecule has 2 aromatic carbocycles. The minimum Gasteiger partial charge on any atom is -0.432 e. The lowest BCUT2D eigenvalue weighted by Crippen LogP contribution is -2.48. The van der Waals surface area contributed by atoms with Gasteiger partial charge in [-0.2, -0.15) is 0 Å². The fourth-order valence-electron chi connectivity index (χ4n) is 8.36. The molecule has 4 N–H and O–H groups in total. The van der Waals surface area contributed by atoms with E-state index in [0.29, 0.717) is 68.2 Å². The summed E-state index contributed by atoms with van der Waals surface area (Å²) in [7, 11) is -2.92. The second-order valence-corrected chi connectivity index (χ2v) is 18.3. The van der Waals surface area contributed by atoms with Crippen LogP contribution in [0.25, 0.3) is 0 Å². The minimum atomic E-state index is -2.92. The third kappa shape index (κ3) is 6.15. The molecule has 50 heavy (non-hydrogen) atoms. The number of hydrogen-bond donors (Lipinski definition) is 4. The van der Waals surface area contributed by atoms with Gasteiger partial charge in [-0.3, -0.25) is 19.1 Å². The molecule has 4 aliphatic heterocycles. The van der Waals surface area contributed by atoms with Gasteiger partial charge in [-0.25, -0.2) is 0 Å². The van der Waals surface area contributed by atoms with E-state index < -0.39 is 20.0 Å². The average Bonchev–Trinajstić information content (AvgIpc) is 3.74. The van der Waals surface area contributed by atoms with Crippen molar-refractivity contribution in [1.29, 1.82) is 0 Å². The van der Waals surface area contributed by atoms with Gasteiger partial charge in [0.2, 0.25) is 11.8 Å². The largest absolute Gasteiger partial charge is 0.432 e. The summed E-state index contributed by atoms with van der Waals surface area (Å²) in [5.41, 5.74) is 2.78. The fourth-order valence-corrected chi connectivity index (χ4v) is 11.0. The maximum absolute atomic E-state index is 15.1. The standard InChI is InChI=1S/C35H46N8O6Si/c1-23-33(50(2,3)48)30(9-13-40-22-25(10-16-44)38-39-40)49-35(23)28-18-27(42-15-12-37-20-32(42)46)7-8-29(28)43(34(35)47)21-24-5-4-6-26(17-24)41-14-11-36-19-31(41)45/h4-8,17-18,22-23,30,33,36-37,44,48H,9-16,19-21H2,1-3H3/t23-,30+,33-,35+/m0/s1. The van der Waals surface area contributed by atoms with Crippen molar-refractivity contribution >= 4 is 43.1 Å². The van der Waals surface area contributed by atoms with Gasteiger partial charge < -0.3 is 40.0 Å². The van der Waals surface area contributed by atoms with Crippen LogP contribution in [0.3, 0.4) is 0 Å². The average molecular weight is 703 g/mol. The van der Waals surface area contributed by atoms with Crippen molar-refractivity contribution < 1.29 is 29.0 Å². The maximum atomic E-state index is 15.1. The summed E-state index contributed by atoms with van der Waals surface area (Å²) in [6.07, 6.45) is 2.25. The van der Waals surface area contributed by atoms with Gasteiger partial charge in [0.05, 0.1) is 37.1 Å². The van der Waals surface area contributed by atoms with Crippen molar-refractivity contribution in [2.45, 2.75) is 63.2 Å². The molecule has 7 rings (SSSR count). The Morgan fingerprint density at radius 2 is 1.70 bits per heavy atom. The number of benzene rings is 2. The summed E-state index contributed by atoms with van der Waals surface area (Å²) in [6.45, 7) is 9.47. The van der Waals surface area contributed by atoms with Crippen molar-refractivity contribution in [2.24, 2.45) is 5.92 Å². The molecule has 0 radical (unpaired) electrons. The summed E-state index contributed by atoms with van der Waals surface area (Å²) in [4.78, 5) is 57.8. The number of piperazine rings is 2. The number of anilines is 3. The summed E-state index contributed by atoms with van der Waals surface area (Å²) in [5, 5.41) is 23.9. The molecule has 1 aromatic heterocycles. The van der Waals surface area contributed by atoms with Crippen LogP contribution >= 0.6 is 0 Å². The van der Waals surface area contributed by atoms with E-state index in [1.54, 1.807) is 25.6 Å². The van der Waals surface area contributed by atoms with Gasteiger partial charge in [0.1, 0.15) is 0 Å². The number of aryl methyl sites for hydroxylation is 1. The number of hydrogen-bond acceptors (Lipinski definition) is 10. The maximum Gasteiger partial charge on any atom is 0.264 e. The van der Waals surface area contributed by atoms with E-state index in [0.717, 1.165) is 11.3 Å². The smallest absolute Gasteiger partial charge is 0.264 e. The minimum absolute atomic E-state index is 0.00139. The Labute approximate surface area is 292 Å². The highest BCUT2D eigenvalue weighted by molar-refractivity contribution is 6.71. The van der Waals surface area contributed by atoms with Crippen LogP contribution < -0.4 is 25.3 Å². The second kappa shape index (κ2) is 13.6. The summed E-state index contributed by atoms with van der Waals surface area (Å²) in [5.74, 6) is -0.625. The van der Waals surface area contributed by atoms with Crippen LogP contribution in [-0.2, 0) is 44.2 Å². The molecule has 1 spiro atoms. The number of carbonyl (C=O) groups is 3. The number of fused-ring (bicyclic) bond motifs is 2. The molecule has 5 heterocycles. The van der Waals surface area contributed by atoms with E-state index in [-0.39, 0.29) is 55.4 Å². The van der Waals surface area contributed by atoms with Crippen molar-refractivity contribution in [2.75, 3.05) is 60.6 Å². The number of carbonyl (C=O) groups excluding carboxylic acids is 3. The molecule has 0 aliphatic carbocycles. The van der Waals surface area contributed by atoms with Crippen molar-refractivity contribution in [3.63, 3.8) is 0 Å². The Kier molecular flexibility index (Phi) is 9.38. The molecular formula is C35H46N8O6Si.